The van der Waals surface area contributed by atoms with Crippen LogP contribution in [0.15, 0.2) is 23.9 Å². The first-order chi connectivity index (χ1) is 15.5. The van der Waals surface area contributed by atoms with Crippen molar-refractivity contribution in [1.82, 2.24) is 5.06 Å². The average Bonchev–Trinajstić information content (AvgIpc) is 2.77. The second kappa shape index (κ2) is 8.70. The smallest absolute Gasteiger partial charge is 0.268 e. The summed E-state index contributed by atoms with van der Waals surface area (Å²) in [5.74, 6) is -4.62. The van der Waals surface area contributed by atoms with Gasteiger partial charge in [-0.05, 0) is 49.4 Å². The number of fused-ring (bicyclic) bond motifs is 1. The number of amides is 1. The molecule has 0 aromatic heterocycles. The van der Waals surface area contributed by atoms with Gasteiger partial charge in [0, 0.05) is 17.7 Å². The molecule has 5 N–H and O–H groups in total. The maximum absolute atomic E-state index is 13.7. The minimum atomic E-state index is -2.32. The van der Waals surface area contributed by atoms with Crippen LogP contribution in [0, 0.1) is 35.5 Å². The summed E-state index contributed by atoms with van der Waals surface area (Å²) in [6.07, 6.45) is 2.06. The first kappa shape index (κ1) is 24.2. The molecule has 0 saturated heterocycles. The van der Waals surface area contributed by atoms with Crippen molar-refractivity contribution >= 4 is 17.5 Å². The van der Waals surface area contributed by atoms with Crippen LogP contribution in [0.25, 0.3) is 0 Å². The lowest BCUT2D eigenvalue weighted by atomic mass is 9.60. The summed E-state index contributed by atoms with van der Waals surface area (Å²) in [4.78, 5) is 40.0. The van der Waals surface area contributed by atoms with Crippen LogP contribution in [0.3, 0.4) is 0 Å². The molecule has 10 atom stereocenters. The molecule has 33 heavy (non-hydrogen) atoms. The van der Waals surface area contributed by atoms with E-state index in [9.17, 15) is 40.0 Å². The summed E-state index contributed by atoms with van der Waals surface area (Å²) in [6, 6.07) is 0. The molecule has 9 nitrogen and oxygen atoms in total. The molecule has 1 unspecified atom stereocenters. The lowest BCUT2D eigenvalue weighted by molar-refractivity contribution is -0.181. The van der Waals surface area contributed by atoms with Gasteiger partial charge in [0.15, 0.2) is 17.5 Å². The van der Waals surface area contributed by atoms with E-state index in [-0.39, 0.29) is 35.7 Å². The Morgan fingerprint density at radius 2 is 1.79 bits per heavy atom. The number of hydrogen-bond acceptors (Lipinski definition) is 8. The van der Waals surface area contributed by atoms with Gasteiger partial charge in [-0.25, -0.2) is 0 Å². The number of aliphatic hydroxyl groups excluding tert-OH is 3. The van der Waals surface area contributed by atoms with Crippen molar-refractivity contribution in [3.05, 3.63) is 23.9 Å². The molecular formula is C24H33NO8. The lowest BCUT2D eigenvalue weighted by Crippen LogP contribution is -2.62. The van der Waals surface area contributed by atoms with Crippen molar-refractivity contribution in [2.75, 3.05) is 0 Å². The summed E-state index contributed by atoms with van der Waals surface area (Å²) in [5.41, 5.74) is -2.84. The third-order valence-corrected chi connectivity index (χ3v) is 8.27. The van der Waals surface area contributed by atoms with E-state index in [1.807, 2.05) is 13.0 Å². The van der Waals surface area contributed by atoms with Crippen molar-refractivity contribution in [3.8, 4) is 0 Å². The predicted molar refractivity (Wildman–Crippen MR) is 114 cm³/mol. The Bertz CT molecular complexity index is 899. The number of hydrogen-bond donors (Lipinski definition) is 5. The Morgan fingerprint density at radius 3 is 2.48 bits per heavy atom. The van der Waals surface area contributed by atoms with E-state index in [4.69, 9.17) is 0 Å². The van der Waals surface area contributed by atoms with Gasteiger partial charge in [0.2, 0.25) is 0 Å². The monoisotopic (exact) mass is 463 g/mol. The Kier molecular flexibility index (Phi) is 6.39. The molecule has 0 aromatic rings. The second-order valence-corrected chi connectivity index (χ2v) is 10.4. The van der Waals surface area contributed by atoms with Crippen molar-refractivity contribution in [3.63, 3.8) is 0 Å². The zero-order valence-corrected chi connectivity index (χ0v) is 18.9. The zero-order chi connectivity index (χ0) is 24.2. The Balaban J connectivity index is 1.66. The molecule has 0 aromatic carbocycles. The number of allylic oxidation sites excluding steroid dienone is 2. The topological polar surface area (TPSA) is 156 Å². The number of rotatable bonds is 3. The highest BCUT2D eigenvalue weighted by Gasteiger charge is 2.57. The van der Waals surface area contributed by atoms with Gasteiger partial charge < -0.3 is 20.4 Å². The average molecular weight is 464 g/mol. The third kappa shape index (κ3) is 3.89. The Hall–Kier alpha value is -1.91. The normalized spacial score (nSPS) is 46.1. The number of aliphatic hydroxyl groups is 4. The van der Waals surface area contributed by atoms with Crippen LogP contribution in [0.2, 0.25) is 0 Å². The van der Waals surface area contributed by atoms with Crippen LogP contribution in [0.5, 0.6) is 0 Å². The summed E-state index contributed by atoms with van der Waals surface area (Å²) in [7, 11) is 0. The predicted octanol–water partition coefficient (Wildman–Crippen LogP) is 0.338. The van der Waals surface area contributed by atoms with Gasteiger partial charge in [0.05, 0.1) is 6.10 Å². The van der Waals surface area contributed by atoms with Gasteiger partial charge >= 0.3 is 0 Å². The molecule has 1 amide bonds. The first-order valence-corrected chi connectivity index (χ1v) is 11.7. The van der Waals surface area contributed by atoms with Crippen molar-refractivity contribution in [2.45, 2.75) is 69.9 Å². The quantitative estimate of drug-likeness (QED) is 0.228. The van der Waals surface area contributed by atoms with Gasteiger partial charge in [-0.2, -0.15) is 5.06 Å². The standard InChI is InChI=1S/C24H33NO8/c1-11-3-6-14-13(9-11)5-4-12(2)17(14)21(29)18-19(27)15(10-25(33)23(18)31)24(32)8-7-16(26)20(28)22(24)30/h4-5,10-14,16-18,20,22,26,28,30,32-33H,3,6-9H2,1-2H3/t11-,12-,13-,14-,16-,17-,18?,20-,22-,24+/m1/s1. The summed E-state index contributed by atoms with van der Waals surface area (Å²) in [6.45, 7) is 4.03. The number of carbonyl (C=O) groups is 3. The fourth-order valence-electron chi connectivity index (χ4n) is 6.30. The van der Waals surface area contributed by atoms with Gasteiger partial charge in [-0.15, -0.1) is 0 Å². The third-order valence-electron chi connectivity index (χ3n) is 8.27. The number of carbonyl (C=O) groups excluding carboxylic acids is 3. The van der Waals surface area contributed by atoms with E-state index in [1.165, 1.54) is 0 Å². The van der Waals surface area contributed by atoms with Crippen molar-refractivity contribution in [1.29, 1.82) is 0 Å². The highest BCUT2D eigenvalue weighted by molar-refractivity contribution is 6.26. The van der Waals surface area contributed by atoms with Crippen LogP contribution in [-0.4, -0.2) is 72.1 Å². The molecule has 0 spiro atoms. The van der Waals surface area contributed by atoms with Gasteiger partial charge in [-0.3, -0.25) is 19.6 Å². The maximum atomic E-state index is 13.7. The van der Waals surface area contributed by atoms with E-state index in [2.05, 4.69) is 13.0 Å². The number of nitrogens with zero attached hydrogens (tertiary/aromatic N) is 1. The van der Waals surface area contributed by atoms with Crippen molar-refractivity contribution < 1.29 is 40.0 Å². The van der Waals surface area contributed by atoms with E-state index < -0.39 is 58.8 Å². The van der Waals surface area contributed by atoms with Crippen LogP contribution in [0.4, 0.5) is 0 Å². The van der Waals surface area contributed by atoms with Crippen molar-refractivity contribution in [2.24, 2.45) is 35.5 Å². The van der Waals surface area contributed by atoms with Crippen LogP contribution >= 0.6 is 0 Å². The van der Waals surface area contributed by atoms with E-state index in [0.717, 1.165) is 19.3 Å². The molecule has 1 heterocycles. The molecule has 2 saturated carbocycles. The molecule has 4 rings (SSSR count). The van der Waals surface area contributed by atoms with Crippen LogP contribution < -0.4 is 0 Å². The Labute approximate surface area is 192 Å². The molecule has 4 aliphatic rings. The molecule has 1 aliphatic heterocycles. The van der Waals surface area contributed by atoms with Gasteiger partial charge in [-0.1, -0.05) is 32.4 Å². The largest absolute Gasteiger partial charge is 0.390 e. The van der Waals surface area contributed by atoms with E-state index >= 15 is 0 Å². The SMILES string of the molecule is C[C@@H]1CC[C@H]2[C@H](C(=O)C3C(=O)C([C@@]4(O)CC[C@@H](O)[C@@H](O)[C@H]4O)=CN(O)C3=O)[C@H](C)C=C[C@@H]2C1. The summed E-state index contributed by atoms with van der Waals surface area (Å²) < 4.78 is 0. The molecule has 2 fully saturated rings. The minimum absolute atomic E-state index is 0.0175. The lowest BCUT2D eigenvalue weighted by Gasteiger charge is -2.45. The molecule has 3 aliphatic carbocycles. The molecule has 0 bridgehead atoms. The fraction of sp³-hybridized carbons (Fsp3) is 0.708. The van der Waals surface area contributed by atoms with E-state index in [0.29, 0.717) is 12.1 Å². The van der Waals surface area contributed by atoms with Crippen LogP contribution in [0.1, 0.15) is 46.0 Å². The first-order valence-electron chi connectivity index (χ1n) is 11.7. The van der Waals surface area contributed by atoms with Crippen LogP contribution in [-0.2, 0) is 14.4 Å². The van der Waals surface area contributed by atoms with Gasteiger partial charge in [0.1, 0.15) is 17.8 Å². The highest BCUT2D eigenvalue weighted by Crippen LogP contribution is 2.47. The second-order valence-electron chi connectivity index (χ2n) is 10.4. The fourth-order valence-corrected chi connectivity index (χ4v) is 6.30. The molecular weight excluding hydrogens is 430 g/mol. The Morgan fingerprint density at radius 1 is 1.09 bits per heavy atom. The minimum Gasteiger partial charge on any atom is -0.390 e. The number of ketones is 2. The molecule has 9 heteroatoms. The molecule has 182 valence electrons. The van der Waals surface area contributed by atoms with Gasteiger partial charge in [0.25, 0.3) is 5.91 Å². The number of Topliss-reactive ketones (excluding diaryl/α,β-unsaturated/α-hetero) is 2. The summed E-state index contributed by atoms with van der Waals surface area (Å²) >= 11 is 0. The number of hydroxylamine groups is 2. The zero-order valence-electron chi connectivity index (χ0n) is 18.9. The molecule has 0 radical (unpaired) electrons. The van der Waals surface area contributed by atoms with E-state index in [1.54, 1.807) is 0 Å². The maximum Gasteiger partial charge on any atom is 0.268 e. The summed E-state index contributed by atoms with van der Waals surface area (Å²) in [5, 5.41) is 51.8. The highest BCUT2D eigenvalue weighted by atomic mass is 16.5.